The molecular formula is C15H14BrNO2. The van der Waals surface area contributed by atoms with Crippen LogP contribution in [0.1, 0.15) is 15.9 Å². The van der Waals surface area contributed by atoms with Gasteiger partial charge in [0.05, 0.1) is 5.56 Å². The summed E-state index contributed by atoms with van der Waals surface area (Å²) in [7, 11) is 1.70. The fraction of sp³-hybridized carbons (Fsp3) is 0.133. The van der Waals surface area contributed by atoms with Crippen molar-refractivity contribution in [3.05, 3.63) is 58.1 Å². The zero-order valence-electron chi connectivity index (χ0n) is 10.7. The molecule has 0 fully saturated rings. The number of carbonyl (C=O) groups excluding carboxylic acids is 1. The lowest BCUT2D eigenvalue weighted by Crippen LogP contribution is -2.26. The molecule has 0 saturated heterocycles. The molecule has 0 unspecified atom stereocenters. The molecule has 0 aliphatic rings. The van der Waals surface area contributed by atoms with Gasteiger partial charge in [-0.15, -0.1) is 0 Å². The van der Waals surface area contributed by atoms with Gasteiger partial charge in [-0.1, -0.05) is 34.1 Å². The van der Waals surface area contributed by atoms with Crippen LogP contribution >= 0.6 is 15.9 Å². The molecule has 0 aliphatic carbocycles. The first-order chi connectivity index (χ1) is 9.00. The number of nitrogens with zero attached hydrogens (tertiary/aromatic N) is 1. The van der Waals surface area contributed by atoms with E-state index in [1.807, 2.05) is 31.2 Å². The maximum absolute atomic E-state index is 12.4. The van der Waals surface area contributed by atoms with Crippen molar-refractivity contribution in [3.8, 4) is 5.75 Å². The lowest BCUT2D eigenvalue weighted by atomic mass is 10.1. The van der Waals surface area contributed by atoms with Gasteiger partial charge < -0.3 is 10.0 Å². The average molecular weight is 320 g/mol. The number of para-hydroxylation sites is 1. The van der Waals surface area contributed by atoms with E-state index in [0.29, 0.717) is 0 Å². The van der Waals surface area contributed by atoms with Crippen LogP contribution in [-0.4, -0.2) is 18.1 Å². The number of carbonyl (C=O) groups is 1. The predicted molar refractivity (Wildman–Crippen MR) is 79.7 cm³/mol. The summed E-state index contributed by atoms with van der Waals surface area (Å²) in [6, 6.07) is 12.5. The molecule has 0 aliphatic heterocycles. The zero-order chi connectivity index (χ0) is 14.0. The molecule has 1 N–H and O–H groups in total. The molecule has 1 amide bonds. The lowest BCUT2D eigenvalue weighted by Gasteiger charge is -2.20. The van der Waals surface area contributed by atoms with Crippen LogP contribution in [0.5, 0.6) is 5.75 Å². The van der Waals surface area contributed by atoms with Crippen molar-refractivity contribution in [3.63, 3.8) is 0 Å². The maximum atomic E-state index is 12.4. The molecule has 2 aromatic carbocycles. The highest BCUT2D eigenvalue weighted by atomic mass is 79.9. The molecule has 0 spiro atoms. The summed E-state index contributed by atoms with van der Waals surface area (Å²) in [6.07, 6.45) is 0. The SMILES string of the molecule is Cc1ccccc1N(C)C(=O)c1ccc(Br)cc1O. The molecule has 0 atom stereocenters. The fourth-order valence-corrected chi connectivity index (χ4v) is 2.26. The molecule has 19 heavy (non-hydrogen) atoms. The number of rotatable bonds is 2. The number of aromatic hydroxyl groups is 1. The van der Waals surface area contributed by atoms with Crippen LogP contribution in [-0.2, 0) is 0 Å². The summed E-state index contributed by atoms with van der Waals surface area (Å²) >= 11 is 3.25. The molecular weight excluding hydrogens is 306 g/mol. The topological polar surface area (TPSA) is 40.5 Å². The highest BCUT2D eigenvalue weighted by Gasteiger charge is 2.18. The number of phenolic OH excluding ortho intramolecular Hbond substituents is 1. The molecule has 2 aromatic rings. The smallest absolute Gasteiger partial charge is 0.261 e. The number of hydrogen-bond acceptors (Lipinski definition) is 2. The molecule has 0 bridgehead atoms. The second-order valence-corrected chi connectivity index (χ2v) is 5.23. The first-order valence-corrected chi connectivity index (χ1v) is 6.62. The van der Waals surface area contributed by atoms with Crippen molar-refractivity contribution in [1.29, 1.82) is 0 Å². The van der Waals surface area contributed by atoms with Gasteiger partial charge in [0.25, 0.3) is 5.91 Å². The number of benzene rings is 2. The van der Waals surface area contributed by atoms with E-state index in [0.717, 1.165) is 15.7 Å². The Morgan fingerprint density at radius 2 is 1.89 bits per heavy atom. The van der Waals surface area contributed by atoms with Crippen molar-refractivity contribution in [1.82, 2.24) is 0 Å². The summed E-state index contributed by atoms with van der Waals surface area (Å²) in [5.41, 5.74) is 2.12. The van der Waals surface area contributed by atoms with Crippen LogP contribution in [0.15, 0.2) is 46.9 Å². The van der Waals surface area contributed by atoms with Crippen molar-refractivity contribution in [2.75, 3.05) is 11.9 Å². The third-order valence-electron chi connectivity index (χ3n) is 2.97. The number of halogens is 1. The minimum atomic E-state index is -0.237. The van der Waals surface area contributed by atoms with Gasteiger partial charge >= 0.3 is 0 Å². The van der Waals surface area contributed by atoms with E-state index in [1.54, 1.807) is 19.2 Å². The minimum absolute atomic E-state index is 0.0280. The van der Waals surface area contributed by atoms with Gasteiger partial charge in [0.15, 0.2) is 0 Å². The number of amides is 1. The molecule has 2 rings (SSSR count). The van der Waals surface area contributed by atoms with Crippen molar-refractivity contribution in [2.24, 2.45) is 0 Å². The molecule has 0 heterocycles. The van der Waals surface area contributed by atoms with E-state index >= 15 is 0 Å². The fourth-order valence-electron chi connectivity index (χ4n) is 1.92. The monoisotopic (exact) mass is 319 g/mol. The van der Waals surface area contributed by atoms with Gasteiger partial charge in [0, 0.05) is 17.2 Å². The first-order valence-electron chi connectivity index (χ1n) is 5.83. The van der Waals surface area contributed by atoms with E-state index in [9.17, 15) is 9.90 Å². The highest BCUT2D eigenvalue weighted by molar-refractivity contribution is 9.10. The Labute approximate surface area is 120 Å². The van der Waals surface area contributed by atoms with Crippen LogP contribution in [0, 0.1) is 6.92 Å². The van der Waals surface area contributed by atoms with Crippen LogP contribution in [0.4, 0.5) is 5.69 Å². The molecule has 0 radical (unpaired) electrons. The Hall–Kier alpha value is -1.81. The summed E-state index contributed by atoms with van der Waals surface area (Å²) in [5.74, 6) is -0.265. The Bertz CT molecular complexity index is 625. The van der Waals surface area contributed by atoms with Crippen molar-refractivity contribution in [2.45, 2.75) is 6.92 Å². The van der Waals surface area contributed by atoms with Gasteiger partial charge in [0.1, 0.15) is 5.75 Å². The Morgan fingerprint density at radius 1 is 1.21 bits per heavy atom. The van der Waals surface area contributed by atoms with Crippen LogP contribution in [0.3, 0.4) is 0 Å². The van der Waals surface area contributed by atoms with Crippen molar-refractivity contribution >= 4 is 27.5 Å². The van der Waals surface area contributed by atoms with Crippen LogP contribution in [0.25, 0.3) is 0 Å². The quantitative estimate of drug-likeness (QED) is 0.916. The summed E-state index contributed by atoms with van der Waals surface area (Å²) in [6.45, 7) is 1.94. The zero-order valence-corrected chi connectivity index (χ0v) is 12.3. The second kappa shape index (κ2) is 5.45. The average Bonchev–Trinajstić information content (AvgIpc) is 2.38. The molecule has 0 aromatic heterocycles. The van der Waals surface area contributed by atoms with Gasteiger partial charge in [-0.3, -0.25) is 4.79 Å². The minimum Gasteiger partial charge on any atom is -0.507 e. The molecule has 3 nitrogen and oxygen atoms in total. The predicted octanol–water partition coefficient (Wildman–Crippen LogP) is 3.74. The Kier molecular flexibility index (Phi) is 3.90. The lowest BCUT2D eigenvalue weighted by molar-refractivity contribution is 0.0990. The second-order valence-electron chi connectivity index (χ2n) is 4.31. The van der Waals surface area contributed by atoms with Crippen LogP contribution in [0.2, 0.25) is 0 Å². The van der Waals surface area contributed by atoms with Crippen molar-refractivity contribution < 1.29 is 9.90 Å². The largest absolute Gasteiger partial charge is 0.507 e. The van der Waals surface area contributed by atoms with E-state index in [4.69, 9.17) is 0 Å². The maximum Gasteiger partial charge on any atom is 0.261 e. The molecule has 98 valence electrons. The summed E-state index contributed by atoms with van der Waals surface area (Å²) in [4.78, 5) is 13.9. The molecule has 4 heteroatoms. The number of hydrogen-bond donors (Lipinski definition) is 1. The number of aryl methyl sites for hydroxylation is 1. The first kappa shape index (κ1) is 13.6. The van der Waals surface area contributed by atoms with E-state index in [1.165, 1.54) is 11.0 Å². The summed E-state index contributed by atoms with van der Waals surface area (Å²) < 4.78 is 0.736. The number of anilines is 1. The normalized spacial score (nSPS) is 10.3. The van der Waals surface area contributed by atoms with E-state index in [-0.39, 0.29) is 17.2 Å². The van der Waals surface area contributed by atoms with Gasteiger partial charge in [0.2, 0.25) is 0 Å². The summed E-state index contributed by atoms with van der Waals surface area (Å²) in [5, 5.41) is 9.85. The van der Waals surface area contributed by atoms with Crippen LogP contribution < -0.4 is 4.90 Å². The third-order valence-corrected chi connectivity index (χ3v) is 3.46. The Balaban J connectivity index is 2.37. The number of phenols is 1. The molecule has 0 saturated carbocycles. The third kappa shape index (κ3) is 2.79. The van der Waals surface area contributed by atoms with Gasteiger partial charge in [-0.2, -0.15) is 0 Å². The van der Waals surface area contributed by atoms with E-state index < -0.39 is 0 Å². The highest BCUT2D eigenvalue weighted by Crippen LogP contribution is 2.26. The van der Waals surface area contributed by atoms with Gasteiger partial charge in [-0.25, -0.2) is 0 Å². The van der Waals surface area contributed by atoms with E-state index in [2.05, 4.69) is 15.9 Å². The Morgan fingerprint density at radius 3 is 2.53 bits per heavy atom. The van der Waals surface area contributed by atoms with Gasteiger partial charge in [-0.05, 0) is 36.8 Å². The standard InChI is InChI=1S/C15H14BrNO2/c1-10-5-3-4-6-13(10)17(2)15(19)12-8-7-11(16)9-14(12)18/h3-9,18H,1-2H3.